The third-order valence-corrected chi connectivity index (χ3v) is 6.79. The third kappa shape index (κ3) is 3.36. The summed E-state index contributed by atoms with van der Waals surface area (Å²) in [6.45, 7) is 7.42. The molecule has 4 nitrogen and oxygen atoms in total. The van der Waals surface area contributed by atoms with Crippen LogP contribution in [-0.2, 0) is 13.6 Å². The highest BCUT2D eigenvalue weighted by Crippen LogP contribution is 2.61. The standard InChI is InChI=1S/C18H24NO3P/c1-4-21-23(20,22-5-2)18-13-19(18)14(3)16-11-10-15-8-6-7-9-17(15)12-16/h6-12,14,18H,4-5,13H2,1-3H3/t14-,18+,19?/m1/s1. The lowest BCUT2D eigenvalue weighted by atomic mass is 10.0. The minimum absolute atomic E-state index is 0.121. The van der Waals surface area contributed by atoms with Crippen LogP contribution in [0.25, 0.3) is 10.8 Å². The molecule has 0 radical (unpaired) electrons. The molecule has 2 aromatic carbocycles. The average molecular weight is 333 g/mol. The summed E-state index contributed by atoms with van der Waals surface area (Å²) >= 11 is 0. The molecule has 1 fully saturated rings. The molecule has 0 amide bonds. The van der Waals surface area contributed by atoms with Gasteiger partial charge in [0.25, 0.3) is 0 Å². The van der Waals surface area contributed by atoms with Crippen molar-refractivity contribution in [1.82, 2.24) is 4.90 Å². The maximum Gasteiger partial charge on any atom is 0.348 e. The van der Waals surface area contributed by atoms with E-state index in [0.29, 0.717) is 13.2 Å². The van der Waals surface area contributed by atoms with Crippen LogP contribution in [0.5, 0.6) is 0 Å². The number of benzene rings is 2. The summed E-state index contributed by atoms with van der Waals surface area (Å²) in [6.07, 6.45) is 0. The van der Waals surface area contributed by atoms with Gasteiger partial charge in [-0.15, -0.1) is 0 Å². The predicted molar refractivity (Wildman–Crippen MR) is 93.7 cm³/mol. The average Bonchev–Trinajstić information content (AvgIpc) is 3.35. The van der Waals surface area contributed by atoms with E-state index in [1.54, 1.807) is 0 Å². The fourth-order valence-electron chi connectivity index (χ4n) is 3.07. The van der Waals surface area contributed by atoms with Gasteiger partial charge in [-0.25, -0.2) is 0 Å². The maximum atomic E-state index is 12.8. The molecule has 1 saturated heterocycles. The lowest BCUT2D eigenvalue weighted by Gasteiger charge is -2.20. The molecule has 2 aromatic rings. The molecule has 1 unspecified atom stereocenters. The highest BCUT2D eigenvalue weighted by atomic mass is 31.2. The summed E-state index contributed by atoms with van der Waals surface area (Å²) in [7, 11) is -3.03. The second-order valence-corrected chi connectivity index (χ2v) is 8.03. The van der Waals surface area contributed by atoms with Crippen molar-refractivity contribution in [3.63, 3.8) is 0 Å². The van der Waals surface area contributed by atoms with Gasteiger partial charge in [0.2, 0.25) is 0 Å². The zero-order chi connectivity index (χ0) is 16.4. The van der Waals surface area contributed by atoms with Gasteiger partial charge in [0, 0.05) is 12.6 Å². The SMILES string of the molecule is CCOP(=O)(OCC)[C@H]1CN1[C@H](C)c1ccc2ccccc2c1. The van der Waals surface area contributed by atoms with Gasteiger partial charge in [-0.3, -0.25) is 9.46 Å². The van der Waals surface area contributed by atoms with Crippen LogP contribution in [0.4, 0.5) is 0 Å². The lowest BCUT2D eigenvalue weighted by molar-refractivity contribution is 0.212. The van der Waals surface area contributed by atoms with Gasteiger partial charge in [-0.2, -0.15) is 0 Å². The maximum absolute atomic E-state index is 12.8. The lowest BCUT2D eigenvalue weighted by Crippen LogP contribution is -2.11. The van der Waals surface area contributed by atoms with E-state index >= 15 is 0 Å². The van der Waals surface area contributed by atoms with Crippen molar-refractivity contribution < 1.29 is 13.6 Å². The smallest absolute Gasteiger partial charge is 0.308 e. The third-order valence-electron chi connectivity index (χ3n) is 4.36. The van der Waals surface area contributed by atoms with Crippen LogP contribution in [0.2, 0.25) is 0 Å². The fraction of sp³-hybridized carbons (Fsp3) is 0.444. The molecule has 0 N–H and O–H groups in total. The van der Waals surface area contributed by atoms with E-state index in [2.05, 4.69) is 48.2 Å². The predicted octanol–water partition coefficient (Wildman–Crippen LogP) is 4.81. The molecule has 23 heavy (non-hydrogen) atoms. The van der Waals surface area contributed by atoms with Gasteiger partial charge in [0.05, 0.1) is 13.2 Å². The topological polar surface area (TPSA) is 38.5 Å². The molecule has 3 atom stereocenters. The van der Waals surface area contributed by atoms with Crippen molar-refractivity contribution in [3.05, 3.63) is 48.0 Å². The Labute approximate surface area is 137 Å². The number of hydrogen-bond acceptors (Lipinski definition) is 4. The molecule has 0 bridgehead atoms. The Balaban J connectivity index is 1.78. The first-order valence-corrected chi connectivity index (χ1v) is 9.83. The van der Waals surface area contributed by atoms with Crippen LogP contribution < -0.4 is 0 Å². The number of rotatable bonds is 7. The number of hydrogen-bond donors (Lipinski definition) is 0. The molecule has 0 saturated carbocycles. The van der Waals surface area contributed by atoms with E-state index in [4.69, 9.17) is 9.05 Å². The Hall–Kier alpha value is -1.19. The van der Waals surface area contributed by atoms with Gasteiger partial charge < -0.3 is 9.05 Å². The monoisotopic (exact) mass is 333 g/mol. The summed E-state index contributed by atoms with van der Waals surface area (Å²) in [6, 6.07) is 15.0. The summed E-state index contributed by atoms with van der Waals surface area (Å²) in [5, 5.41) is 2.47. The van der Waals surface area contributed by atoms with E-state index < -0.39 is 7.60 Å². The van der Waals surface area contributed by atoms with Crippen molar-refractivity contribution >= 4 is 18.4 Å². The molecule has 3 rings (SSSR count). The van der Waals surface area contributed by atoms with E-state index in [-0.39, 0.29) is 11.8 Å². The molecular weight excluding hydrogens is 309 g/mol. The number of fused-ring (bicyclic) bond motifs is 1. The van der Waals surface area contributed by atoms with Gasteiger partial charge in [-0.1, -0.05) is 36.4 Å². The van der Waals surface area contributed by atoms with Crippen LogP contribution in [0.15, 0.2) is 42.5 Å². The highest BCUT2D eigenvalue weighted by molar-refractivity contribution is 7.55. The Kier molecular flexibility index (Phi) is 4.88. The second kappa shape index (κ2) is 6.74. The molecule has 124 valence electrons. The van der Waals surface area contributed by atoms with Gasteiger partial charge in [0.1, 0.15) is 5.78 Å². The van der Waals surface area contributed by atoms with Crippen molar-refractivity contribution in [3.8, 4) is 0 Å². The minimum Gasteiger partial charge on any atom is -0.308 e. The Morgan fingerprint density at radius 1 is 1.13 bits per heavy atom. The minimum atomic E-state index is -3.03. The Morgan fingerprint density at radius 2 is 1.78 bits per heavy atom. The van der Waals surface area contributed by atoms with E-state index in [0.717, 1.165) is 6.54 Å². The van der Waals surface area contributed by atoms with Crippen molar-refractivity contribution in [1.29, 1.82) is 0 Å². The summed E-state index contributed by atoms with van der Waals surface area (Å²) in [5.74, 6) is -0.121. The normalized spacial score (nSPS) is 22.2. The van der Waals surface area contributed by atoms with Gasteiger partial charge >= 0.3 is 7.60 Å². The molecule has 1 heterocycles. The van der Waals surface area contributed by atoms with E-state index in [1.807, 2.05) is 19.9 Å². The summed E-state index contributed by atoms with van der Waals surface area (Å²) in [5.41, 5.74) is 1.23. The van der Waals surface area contributed by atoms with Crippen LogP contribution in [0.1, 0.15) is 32.4 Å². The first-order chi connectivity index (χ1) is 11.1. The van der Waals surface area contributed by atoms with E-state index in [1.165, 1.54) is 16.3 Å². The summed E-state index contributed by atoms with van der Waals surface area (Å²) < 4.78 is 23.8. The molecule has 1 aliphatic heterocycles. The summed E-state index contributed by atoms with van der Waals surface area (Å²) in [4.78, 5) is 2.19. The van der Waals surface area contributed by atoms with Gasteiger partial charge in [-0.05, 0) is 43.2 Å². The first kappa shape index (κ1) is 16.7. The highest BCUT2D eigenvalue weighted by Gasteiger charge is 2.53. The van der Waals surface area contributed by atoms with Gasteiger partial charge in [0.15, 0.2) is 0 Å². The zero-order valence-corrected chi connectivity index (χ0v) is 14.8. The quantitative estimate of drug-likeness (QED) is 0.538. The molecule has 0 aliphatic carbocycles. The van der Waals surface area contributed by atoms with Crippen LogP contribution in [0, 0.1) is 0 Å². The first-order valence-electron chi connectivity index (χ1n) is 8.22. The largest absolute Gasteiger partial charge is 0.348 e. The molecule has 5 heteroatoms. The van der Waals surface area contributed by atoms with Crippen molar-refractivity contribution in [2.45, 2.75) is 32.6 Å². The zero-order valence-electron chi connectivity index (χ0n) is 13.9. The van der Waals surface area contributed by atoms with Crippen molar-refractivity contribution in [2.24, 2.45) is 0 Å². The Morgan fingerprint density at radius 3 is 2.43 bits per heavy atom. The van der Waals surface area contributed by atoms with Crippen molar-refractivity contribution in [2.75, 3.05) is 19.8 Å². The van der Waals surface area contributed by atoms with Crippen LogP contribution >= 0.6 is 7.60 Å². The molecular formula is C18H24NO3P. The second-order valence-electron chi connectivity index (χ2n) is 5.84. The Bertz CT molecular complexity index is 723. The molecule has 1 aliphatic rings. The van der Waals surface area contributed by atoms with Crippen LogP contribution in [0.3, 0.4) is 0 Å². The van der Waals surface area contributed by atoms with E-state index in [9.17, 15) is 4.57 Å². The fourth-order valence-corrected chi connectivity index (χ4v) is 5.16. The molecule has 0 spiro atoms. The molecule has 0 aromatic heterocycles. The number of nitrogens with zero attached hydrogens (tertiary/aromatic N) is 1. The van der Waals surface area contributed by atoms with Crippen LogP contribution in [-0.4, -0.2) is 30.4 Å².